The number of nitrogens with one attached hydrogen (secondary N) is 1. The van der Waals surface area contributed by atoms with Crippen molar-refractivity contribution in [1.29, 1.82) is 0 Å². The minimum atomic E-state index is -0.478. The molecule has 0 saturated carbocycles. The minimum absolute atomic E-state index is 0.426. The molecule has 0 radical (unpaired) electrons. The van der Waals surface area contributed by atoms with Gasteiger partial charge in [0.25, 0.3) is 0 Å². The van der Waals surface area contributed by atoms with E-state index in [0.717, 1.165) is 11.4 Å². The molecule has 5 nitrogen and oxygen atoms in total. The number of benzene rings is 1. The lowest BCUT2D eigenvalue weighted by molar-refractivity contribution is -0.118. The van der Waals surface area contributed by atoms with Crippen molar-refractivity contribution in [3.8, 4) is 5.69 Å². The molecule has 0 saturated heterocycles. The number of hydrogen-bond acceptors (Lipinski definition) is 3. The number of para-hydroxylation sites is 1. The zero-order valence-corrected chi connectivity index (χ0v) is 11.5. The van der Waals surface area contributed by atoms with Crippen LogP contribution in [0.4, 0.5) is 5.82 Å². The van der Waals surface area contributed by atoms with E-state index in [1.54, 1.807) is 17.7 Å². The van der Waals surface area contributed by atoms with E-state index in [1.807, 2.05) is 31.2 Å². The third-order valence-electron chi connectivity index (χ3n) is 2.76. The van der Waals surface area contributed by atoms with Gasteiger partial charge in [0.15, 0.2) is 0 Å². The number of nitrogens with two attached hydrogens (primary N) is 1. The Balaban J connectivity index is 2.32. The zero-order valence-electron chi connectivity index (χ0n) is 10.7. The van der Waals surface area contributed by atoms with Crippen molar-refractivity contribution in [2.24, 2.45) is 5.73 Å². The lowest BCUT2D eigenvalue weighted by atomic mass is 10.3. The first-order valence-electron chi connectivity index (χ1n) is 5.86. The molecule has 2 rings (SSSR count). The van der Waals surface area contributed by atoms with E-state index in [-0.39, 0.29) is 0 Å². The lowest BCUT2D eigenvalue weighted by Crippen LogP contribution is -2.32. The highest BCUT2D eigenvalue weighted by atomic mass is 35.5. The van der Waals surface area contributed by atoms with Crippen molar-refractivity contribution in [3.05, 3.63) is 41.0 Å². The van der Waals surface area contributed by atoms with Crippen molar-refractivity contribution < 1.29 is 4.79 Å². The fourth-order valence-electron chi connectivity index (χ4n) is 1.71. The van der Waals surface area contributed by atoms with Crippen LogP contribution < -0.4 is 11.1 Å². The van der Waals surface area contributed by atoms with Gasteiger partial charge in [0.1, 0.15) is 11.9 Å². The zero-order chi connectivity index (χ0) is 14.0. The molecule has 0 bridgehead atoms. The van der Waals surface area contributed by atoms with Gasteiger partial charge in [0, 0.05) is 11.8 Å². The minimum Gasteiger partial charge on any atom is -0.368 e. The van der Waals surface area contributed by atoms with Crippen LogP contribution in [0.1, 0.15) is 12.6 Å². The Morgan fingerprint density at radius 1 is 1.47 bits per heavy atom. The topological polar surface area (TPSA) is 72.9 Å². The highest BCUT2D eigenvalue weighted by molar-refractivity contribution is 6.32. The van der Waals surface area contributed by atoms with Gasteiger partial charge in [0.2, 0.25) is 5.91 Å². The second-order valence-electron chi connectivity index (χ2n) is 4.30. The number of hydrogen-bond donors (Lipinski definition) is 2. The molecule has 0 fully saturated rings. The van der Waals surface area contributed by atoms with Crippen LogP contribution in [-0.2, 0) is 4.79 Å². The number of amides is 1. The molecular formula is C13H15ClN4O. The van der Waals surface area contributed by atoms with Crippen LogP contribution in [0.2, 0.25) is 5.02 Å². The van der Waals surface area contributed by atoms with Gasteiger partial charge < -0.3 is 11.1 Å². The van der Waals surface area contributed by atoms with E-state index in [1.165, 1.54) is 0 Å². The summed E-state index contributed by atoms with van der Waals surface area (Å²) in [6, 6.07) is 8.79. The normalized spacial score (nSPS) is 12.2. The summed E-state index contributed by atoms with van der Waals surface area (Å²) in [6.45, 7) is 3.60. The fraction of sp³-hybridized carbons (Fsp3) is 0.231. The highest BCUT2D eigenvalue weighted by Gasteiger charge is 2.13. The summed E-state index contributed by atoms with van der Waals surface area (Å²) in [5, 5.41) is 7.93. The largest absolute Gasteiger partial charge is 0.368 e. The number of halogens is 1. The number of rotatable bonds is 4. The van der Waals surface area contributed by atoms with E-state index < -0.39 is 11.9 Å². The molecule has 1 unspecified atom stereocenters. The Morgan fingerprint density at radius 2 is 2.16 bits per heavy atom. The predicted octanol–water partition coefficient (Wildman–Crippen LogP) is 2.12. The van der Waals surface area contributed by atoms with Crippen LogP contribution in [0.15, 0.2) is 30.3 Å². The smallest absolute Gasteiger partial charge is 0.239 e. The van der Waals surface area contributed by atoms with Crippen molar-refractivity contribution in [2.45, 2.75) is 19.9 Å². The van der Waals surface area contributed by atoms with E-state index in [4.69, 9.17) is 17.3 Å². The third kappa shape index (κ3) is 2.88. The molecule has 1 heterocycles. The van der Waals surface area contributed by atoms with E-state index >= 15 is 0 Å². The molecule has 19 heavy (non-hydrogen) atoms. The van der Waals surface area contributed by atoms with E-state index in [9.17, 15) is 4.79 Å². The van der Waals surface area contributed by atoms with Crippen LogP contribution >= 0.6 is 11.6 Å². The first-order chi connectivity index (χ1) is 8.99. The number of anilines is 1. The maximum atomic E-state index is 11.0. The molecule has 1 amide bonds. The van der Waals surface area contributed by atoms with E-state index in [2.05, 4.69) is 10.4 Å². The molecule has 1 atom stereocenters. The van der Waals surface area contributed by atoms with Crippen LogP contribution in [0.3, 0.4) is 0 Å². The summed E-state index contributed by atoms with van der Waals surface area (Å²) in [4.78, 5) is 11.0. The summed E-state index contributed by atoms with van der Waals surface area (Å²) in [5.74, 6) is 0.161. The molecule has 0 aliphatic heterocycles. The molecular weight excluding hydrogens is 264 g/mol. The van der Waals surface area contributed by atoms with Gasteiger partial charge in [-0.25, -0.2) is 4.68 Å². The molecule has 1 aromatic carbocycles. The Kier molecular flexibility index (Phi) is 3.76. The van der Waals surface area contributed by atoms with Crippen LogP contribution in [0, 0.1) is 6.92 Å². The van der Waals surface area contributed by atoms with Crippen molar-refractivity contribution >= 4 is 23.3 Å². The van der Waals surface area contributed by atoms with Gasteiger partial charge >= 0.3 is 0 Å². The average molecular weight is 279 g/mol. The molecule has 0 aliphatic carbocycles. The van der Waals surface area contributed by atoms with Crippen molar-refractivity contribution in [1.82, 2.24) is 9.78 Å². The van der Waals surface area contributed by atoms with Gasteiger partial charge in [-0.1, -0.05) is 23.7 Å². The summed E-state index contributed by atoms with van der Waals surface area (Å²) in [7, 11) is 0. The number of carbonyl (C=O) groups is 1. The average Bonchev–Trinajstić information content (AvgIpc) is 2.70. The number of carbonyl (C=O) groups excluding carboxylic acids is 1. The summed E-state index contributed by atoms with van der Waals surface area (Å²) < 4.78 is 1.72. The number of aromatic nitrogens is 2. The van der Waals surface area contributed by atoms with Crippen LogP contribution in [0.5, 0.6) is 0 Å². The maximum absolute atomic E-state index is 11.0. The van der Waals surface area contributed by atoms with Gasteiger partial charge in [0.05, 0.1) is 10.7 Å². The number of aryl methyl sites for hydroxylation is 1. The summed E-state index contributed by atoms with van der Waals surface area (Å²) in [6.07, 6.45) is 0. The van der Waals surface area contributed by atoms with Crippen molar-refractivity contribution in [3.63, 3.8) is 0 Å². The highest BCUT2D eigenvalue weighted by Crippen LogP contribution is 2.22. The standard InChI is InChI=1S/C13H15ClN4O/c1-8-7-12(16-9(2)13(15)19)17-18(8)11-6-4-3-5-10(11)14/h3-7,9H,1-2H3,(H2,15,19)(H,16,17). The Labute approximate surface area is 116 Å². The molecule has 100 valence electrons. The van der Waals surface area contributed by atoms with Gasteiger partial charge in [-0.05, 0) is 26.0 Å². The maximum Gasteiger partial charge on any atom is 0.239 e. The molecule has 0 spiro atoms. The quantitative estimate of drug-likeness (QED) is 0.900. The third-order valence-corrected chi connectivity index (χ3v) is 3.08. The molecule has 1 aromatic heterocycles. The van der Waals surface area contributed by atoms with Gasteiger partial charge in [-0.15, -0.1) is 0 Å². The second kappa shape index (κ2) is 5.32. The predicted molar refractivity (Wildman–Crippen MR) is 75.6 cm³/mol. The van der Waals surface area contributed by atoms with Crippen molar-refractivity contribution in [2.75, 3.05) is 5.32 Å². The van der Waals surface area contributed by atoms with E-state index in [0.29, 0.717) is 10.8 Å². The SMILES string of the molecule is Cc1cc(NC(C)C(N)=O)nn1-c1ccccc1Cl. The lowest BCUT2D eigenvalue weighted by Gasteiger charge is -2.08. The molecule has 3 N–H and O–H groups in total. The Hall–Kier alpha value is -2.01. The Bertz CT molecular complexity index is 608. The summed E-state index contributed by atoms with van der Waals surface area (Å²) >= 11 is 6.14. The second-order valence-corrected chi connectivity index (χ2v) is 4.71. The first kappa shape index (κ1) is 13.4. The summed E-state index contributed by atoms with van der Waals surface area (Å²) in [5.41, 5.74) is 6.91. The fourth-order valence-corrected chi connectivity index (χ4v) is 1.92. The number of primary amides is 1. The molecule has 2 aromatic rings. The van der Waals surface area contributed by atoms with Gasteiger partial charge in [-0.2, -0.15) is 5.10 Å². The van der Waals surface area contributed by atoms with Crippen LogP contribution in [-0.4, -0.2) is 21.7 Å². The Morgan fingerprint density at radius 3 is 2.79 bits per heavy atom. The van der Waals surface area contributed by atoms with Crippen LogP contribution in [0.25, 0.3) is 5.69 Å². The first-order valence-corrected chi connectivity index (χ1v) is 6.24. The van der Waals surface area contributed by atoms with Gasteiger partial charge in [-0.3, -0.25) is 4.79 Å². The monoisotopic (exact) mass is 278 g/mol. The molecule has 6 heteroatoms. The molecule has 0 aliphatic rings. The number of nitrogens with zero attached hydrogens (tertiary/aromatic N) is 2.